The Labute approximate surface area is 129 Å². The summed E-state index contributed by atoms with van der Waals surface area (Å²) in [7, 11) is 0. The molecule has 0 bridgehead atoms. The highest BCUT2D eigenvalue weighted by Gasteiger charge is 2.20. The molecule has 3 rings (SSSR count). The summed E-state index contributed by atoms with van der Waals surface area (Å²) in [6, 6.07) is 5.40. The van der Waals surface area contributed by atoms with Crippen LogP contribution in [0.2, 0.25) is 0 Å². The van der Waals surface area contributed by atoms with Gasteiger partial charge < -0.3 is 14.5 Å². The van der Waals surface area contributed by atoms with Crippen molar-refractivity contribution in [1.29, 1.82) is 0 Å². The lowest BCUT2D eigenvalue weighted by Crippen LogP contribution is -2.37. The third-order valence-electron chi connectivity index (χ3n) is 4.25. The highest BCUT2D eigenvalue weighted by atomic mass is 19.1. The molecule has 1 fully saturated rings. The maximum Gasteiger partial charge on any atom is 0.225 e. The highest BCUT2D eigenvalue weighted by molar-refractivity contribution is 5.53. The van der Waals surface area contributed by atoms with Crippen molar-refractivity contribution in [2.75, 3.05) is 13.2 Å². The summed E-state index contributed by atoms with van der Waals surface area (Å²) in [5.41, 5.74) is 1.30. The SMILES string of the molecule is C[C@H](NCc1ccc(-c2ncco2)cc1F)[C@@H]1CCCOC1. The fraction of sp³-hybridized carbons (Fsp3) is 0.471. The standard InChI is InChI=1S/C17H21FN2O2/c1-12(15-3-2-7-21-11-15)20-10-14-5-4-13(9-16(14)18)17-19-6-8-22-17/h4-6,8-9,12,15,20H,2-3,7,10-11H2,1H3/t12-,15+/m0/s1. The summed E-state index contributed by atoms with van der Waals surface area (Å²) in [5.74, 6) is 0.699. The molecule has 1 aliphatic rings. The minimum atomic E-state index is -0.240. The van der Waals surface area contributed by atoms with Gasteiger partial charge >= 0.3 is 0 Å². The molecule has 2 heterocycles. The van der Waals surface area contributed by atoms with Crippen molar-refractivity contribution < 1.29 is 13.5 Å². The van der Waals surface area contributed by atoms with E-state index in [0.29, 0.717) is 35.5 Å². The molecule has 22 heavy (non-hydrogen) atoms. The number of nitrogens with one attached hydrogen (secondary N) is 1. The molecule has 5 heteroatoms. The molecule has 2 atom stereocenters. The van der Waals surface area contributed by atoms with Crippen LogP contribution in [0.4, 0.5) is 4.39 Å². The lowest BCUT2D eigenvalue weighted by Gasteiger charge is -2.28. The molecule has 118 valence electrons. The second kappa shape index (κ2) is 7.03. The van der Waals surface area contributed by atoms with Crippen molar-refractivity contribution in [3.8, 4) is 11.5 Å². The number of hydrogen-bond acceptors (Lipinski definition) is 4. The van der Waals surface area contributed by atoms with Crippen LogP contribution in [0, 0.1) is 11.7 Å². The molecule has 1 saturated heterocycles. The van der Waals surface area contributed by atoms with E-state index in [9.17, 15) is 4.39 Å². The first-order chi connectivity index (χ1) is 10.7. The van der Waals surface area contributed by atoms with E-state index < -0.39 is 0 Å². The summed E-state index contributed by atoms with van der Waals surface area (Å²) in [6.07, 6.45) is 5.31. The second-order valence-electron chi connectivity index (χ2n) is 5.79. The zero-order chi connectivity index (χ0) is 15.4. The molecule has 1 aromatic heterocycles. The predicted octanol–water partition coefficient (Wildman–Crippen LogP) is 3.39. The molecule has 0 radical (unpaired) electrons. The lowest BCUT2D eigenvalue weighted by atomic mass is 9.95. The Bertz CT molecular complexity index is 595. The molecule has 2 aromatic rings. The second-order valence-corrected chi connectivity index (χ2v) is 5.79. The van der Waals surface area contributed by atoms with Gasteiger partial charge in [0.15, 0.2) is 0 Å². The van der Waals surface area contributed by atoms with Crippen molar-refractivity contribution in [1.82, 2.24) is 10.3 Å². The number of rotatable bonds is 5. The maximum absolute atomic E-state index is 14.2. The van der Waals surface area contributed by atoms with Gasteiger partial charge in [0.2, 0.25) is 5.89 Å². The number of nitrogens with zero attached hydrogens (tertiary/aromatic N) is 1. The quantitative estimate of drug-likeness (QED) is 0.920. The third-order valence-corrected chi connectivity index (χ3v) is 4.25. The molecule has 0 aliphatic carbocycles. The first kappa shape index (κ1) is 15.2. The van der Waals surface area contributed by atoms with E-state index in [2.05, 4.69) is 17.2 Å². The number of aromatic nitrogens is 1. The molecule has 0 saturated carbocycles. The molecular weight excluding hydrogens is 283 g/mol. The molecule has 1 aliphatic heterocycles. The number of oxazole rings is 1. The molecule has 0 spiro atoms. The summed E-state index contributed by atoms with van der Waals surface area (Å²) >= 11 is 0. The maximum atomic E-state index is 14.2. The average Bonchev–Trinajstić information content (AvgIpc) is 3.08. The van der Waals surface area contributed by atoms with Gasteiger partial charge in [0.1, 0.15) is 12.1 Å². The smallest absolute Gasteiger partial charge is 0.225 e. The van der Waals surface area contributed by atoms with Gasteiger partial charge in [0, 0.05) is 30.3 Å². The van der Waals surface area contributed by atoms with Crippen molar-refractivity contribution in [2.24, 2.45) is 5.92 Å². The van der Waals surface area contributed by atoms with Crippen molar-refractivity contribution >= 4 is 0 Å². The summed E-state index contributed by atoms with van der Waals surface area (Å²) in [5, 5.41) is 3.40. The molecule has 1 N–H and O–H groups in total. The van der Waals surface area contributed by atoms with E-state index in [1.165, 1.54) is 18.8 Å². The number of halogens is 1. The first-order valence-corrected chi connectivity index (χ1v) is 7.73. The topological polar surface area (TPSA) is 47.3 Å². The van der Waals surface area contributed by atoms with E-state index in [1.54, 1.807) is 12.3 Å². The van der Waals surface area contributed by atoms with Gasteiger partial charge in [-0.25, -0.2) is 9.37 Å². The van der Waals surface area contributed by atoms with E-state index in [-0.39, 0.29) is 5.82 Å². The van der Waals surface area contributed by atoms with Crippen LogP contribution < -0.4 is 5.32 Å². The Morgan fingerprint density at radius 2 is 2.36 bits per heavy atom. The fourth-order valence-corrected chi connectivity index (χ4v) is 2.79. The van der Waals surface area contributed by atoms with Crippen LogP contribution in [-0.4, -0.2) is 24.2 Å². The molecule has 1 aromatic carbocycles. The first-order valence-electron chi connectivity index (χ1n) is 7.73. The lowest BCUT2D eigenvalue weighted by molar-refractivity contribution is 0.0417. The molecular formula is C17H21FN2O2. The van der Waals surface area contributed by atoms with Gasteiger partial charge in [-0.3, -0.25) is 0 Å². The highest BCUT2D eigenvalue weighted by Crippen LogP contribution is 2.21. The monoisotopic (exact) mass is 304 g/mol. The largest absolute Gasteiger partial charge is 0.445 e. The van der Waals surface area contributed by atoms with Gasteiger partial charge in [-0.05, 0) is 37.8 Å². The number of benzene rings is 1. The van der Waals surface area contributed by atoms with Crippen molar-refractivity contribution in [3.05, 3.63) is 42.0 Å². The molecule has 0 amide bonds. The average molecular weight is 304 g/mol. The van der Waals surface area contributed by atoms with Crippen molar-refractivity contribution in [2.45, 2.75) is 32.4 Å². The van der Waals surface area contributed by atoms with E-state index >= 15 is 0 Å². The minimum absolute atomic E-state index is 0.240. The van der Waals surface area contributed by atoms with Gasteiger partial charge in [-0.2, -0.15) is 0 Å². The van der Waals surface area contributed by atoms with Crippen molar-refractivity contribution in [3.63, 3.8) is 0 Å². The Morgan fingerprint density at radius 3 is 3.05 bits per heavy atom. The fourth-order valence-electron chi connectivity index (χ4n) is 2.79. The van der Waals surface area contributed by atoms with Gasteiger partial charge in [-0.15, -0.1) is 0 Å². The van der Waals surface area contributed by atoms with Gasteiger partial charge in [0.05, 0.1) is 12.8 Å². The van der Waals surface area contributed by atoms with Crippen LogP contribution in [0.25, 0.3) is 11.5 Å². The van der Waals surface area contributed by atoms with E-state index in [0.717, 1.165) is 19.6 Å². The van der Waals surface area contributed by atoms with Crippen LogP contribution >= 0.6 is 0 Å². The van der Waals surface area contributed by atoms with Crippen LogP contribution in [-0.2, 0) is 11.3 Å². The summed E-state index contributed by atoms with van der Waals surface area (Å²) in [4.78, 5) is 4.03. The van der Waals surface area contributed by atoms with Crippen LogP contribution in [0.3, 0.4) is 0 Å². The Balaban J connectivity index is 1.60. The normalized spacial score (nSPS) is 20.0. The summed E-state index contributed by atoms with van der Waals surface area (Å²) < 4.78 is 24.9. The summed E-state index contributed by atoms with van der Waals surface area (Å²) in [6.45, 7) is 4.30. The van der Waals surface area contributed by atoms with Gasteiger partial charge in [-0.1, -0.05) is 6.07 Å². The predicted molar refractivity (Wildman–Crippen MR) is 81.7 cm³/mol. The minimum Gasteiger partial charge on any atom is -0.445 e. The third kappa shape index (κ3) is 3.54. The number of hydrogen-bond donors (Lipinski definition) is 1. The zero-order valence-corrected chi connectivity index (χ0v) is 12.7. The molecule has 0 unspecified atom stereocenters. The van der Waals surface area contributed by atoms with Gasteiger partial charge in [0.25, 0.3) is 0 Å². The van der Waals surface area contributed by atoms with Crippen LogP contribution in [0.15, 0.2) is 35.1 Å². The zero-order valence-electron chi connectivity index (χ0n) is 12.7. The Kier molecular flexibility index (Phi) is 4.85. The van der Waals surface area contributed by atoms with E-state index in [4.69, 9.17) is 9.15 Å². The Morgan fingerprint density at radius 1 is 1.45 bits per heavy atom. The Hall–Kier alpha value is -1.72. The van der Waals surface area contributed by atoms with Crippen LogP contribution in [0.1, 0.15) is 25.3 Å². The number of ether oxygens (including phenoxy) is 1. The van der Waals surface area contributed by atoms with Crippen LogP contribution in [0.5, 0.6) is 0 Å². The van der Waals surface area contributed by atoms with E-state index in [1.807, 2.05) is 6.07 Å². The molecule has 4 nitrogen and oxygen atoms in total.